The summed E-state index contributed by atoms with van der Waals surface area (Å²) in [5.41, 5.74) is 0.540. The van der Waals surface area contributed by atoms with E-state index in [4.69, 9.17) is 4.74 Å². The van der Waals surface area contributed by atoms with Crippen molar-refractivity contribution >= 4 is 21.8 Å². The van der Waals surface area contributed by atoms with Gasteiger partial charge in [-0.05, 0) is 62.8 Å². The number of sulfonamides is 1. The molecule has 1 aromatic rings. The molecule has 0 aromatic heterocycles. The summed E-state index contributed by atoms with van der Waals surface area (Å²) < 4.78 is 32.1. The SMILES string of the molecule is O=C(Nc1ccc(S(=O)(=O)N2CCCCC2)cc1)OC1CCCCC1. The first-order valence-electron chi connectivity index (χ1n) is 9.13. The van der Waals surface area contributed by atoms with E-state index >= 15 is 0 Å². The first kappa shape index (κ1) is 18.2. The first-order valence-corrected chi connectivity index (χ1v) is 10.6. The van der Waals surface area contributed by atoms with Crippen LogP contribution in [0.4, 0.5) is 10.5 Å². The molecule has 1 heterocycles. The number of ether oxygens (including phenoxy) is 1. The molecule has 1 aliphatic carbocycles. The zero-order valence-corrected chi connectivity index (χ0v) is 15.3. The summed E-state index contributed by atoms with van der Waals surface area (Å²) in [7, 11) is -3.44. The molecular weight excluding hydrogens is 340 g/mol. The Hall–Kier alpha value is -1.60. The highest BCUT2D eigenvalue weighted by Crippen LogP contribution is 2.23. The predicted octanol–water partition coefficient (Wildman–Crippen LogP) is 3.74. The molecule has 2 fully saturated rings. The van der Waals surface area contributed by atoms with E-state index in [1.165, 1.54) is 10.7 Å². The maximum atomic E-state index is 12.6. The summed E-state index contributed by atoms with van der Waals surface area (Å²) >= 11 is 0. The van der Waals surface area contributed by atoms with Gasteiger partial charge >= 0.3 is 6.09 Å². The number of carbonyl (C=O) groups is 1. The quantitative estimate of drug-likeness (QED) is 0.881. The maximum absolute atomic E-state index is 12.6. The Bertz CT molecular complexity index is 676. The molecule has 2 aliphatic rings. The topological polar surface area (TPSA) is 75.7 Å². The Kier molecular flexibility index (Phi) is 5.96. The van der Waals surface area contributed by atoms with Crippen LogP contribution in [-0.2, 0) is 14.8 Å². The Morgan fingerprint density at radius 3 is 2.20 bits per heavy atom. The van der Waals surface area contributed by atoms with Gasteiger partial charge in [-0.2, -0.15) is 4.31 Å². The average Bonchev–Trinajstić information content (AvgIpc) is 2.63. The molecule has 1 saturated carbocycles. The van der Waals surface area contributed by atoms with E-state index in [1.807, 2.05) is 0 Å². The van der Waals surface area contributed by atoms with Gasteiger partial charge in [0.25, 0.3) is 0 Å². The summed E-state index contributed by atoms with van der Waals surface area (Å²) in [6.45, 7) is 1.16. The van der Waals surface area contributed by atoms with E-state index in [9.17, 15) is 13.2 Å². The van der Waals surface area contributed by atoms with E-state index < -0.39 is 16.1 Å². The van der Waals surface area contributed by atoms with Crippen molar-refractivity contribution in [3.05, 3.63) is 24.3 Å². The van der Waals surface area contributed by atoms with Crippen molar-refractivity contribution in [3.8, 4) is 0 Å². The monoisotopic (exact) mass is 366 g/mol. The number of nitrogens with zero attached hydrogens (tertiary/aromatic N) is 1. The van der Waals surface area contributed by atoms with Crippen LogP contribution in [0.3, 0.4) is 0 Å². The van der Waals surface area contributed by atoms with Crippen molar-refractivity contribution in [2.45, 2.75) is 62.4 Å². The van der Waals surface area contributed by atoms with E-state index in [0.717, 1.165) is 44.9 Å². The zero-order chi connectivity index (χ0) is 17.7. The molecule has 25 heavy (non-hydrogen) atoms. The van der Waals surface area contributed by atoms with Crippen molar-refractivity contribution < 1.29 is 17.9 Å². The molecule has 3 rings (SSSR count). The molecule has 138 valence electrons. The van der Waals surface area contributed by atoms with Crippen LogP contribution in [0, 0.1) is 0 Å². The fourth-order valence-corrected chi connectivity index (χ4v) is 4.96. The molecular formula is C18H26N2O4S. The number of nitrogens with one attached hydrogen (secondary N) is 1. The van der Waals surface area contributed by atoms with Crippen LogP contribution in [0.1, 0.15) is 51.4 Å². The van der Waals surface area contributed by atoms with Gasteiger partial charge in [0.1, 0.15) is 6.10 Å². The third-order valence-corrected chi connectivity index (χ3v) is 6.79. The van der Waals surface area contributed by atoms with Crippen LogP contribution in [0.25, 0.3) is 0 Å². The van der Waals surface area contributed by atoms with Gasteiger partial charge in [0.15, 0.2) is 0 Å². The number of amides is 1. The average molecular weight is 366 g/mol. The predicted molar refractivity (Wildman–Crippen MR) is 96.0 cm³/mol. The minimum Gasteiger partial charge on any atom is -0.446 e. The van der Waals surface area contributed by atoms with Gasteiger partial charge < -0.3 is 4.74 Å². The molecule has 1 amide bonds. The number of piperidine rings is 1. The molecule has 0 spiro atoms. The molecule has 0 unspecified atom stereocenters. The van der Waals surface area contributed by atoms with Crippen molar-refractivity contribution in [1.82, 2.24) is 4.31 Å². The van der Waals surface area contributed by atoms with Gasteiger partial charge in [0.2, 0.25) is 10.0 Å². The van der Waals surface area contributed by atoms with Crippen LogP contribution in [0.2, 0.25) is 0 Å². The minimum absolute atomic E-state index is 0.00694. The van der Waals surface area contributed by atoms with Gasteiger partial charge in [0, 0.05) is 18.8 Å². The van der Waals surface area contributed by atoms with E-state index in [1.54, 1.807) is 24.3 Å². The second-order valence-electron chi connectivity index (χ2n) is 6.78. The van der Waals surface area contributed by atoms with Crippen LogP contribution in [0.15, 0.2) is 29.2 Å². The third kappa shape index (κ3) is 4.73. The Labute approximate surface area is 149 Å². The lowest BCUT2D eigenvalue weighted by molar-refractivity contribution is 0.0865. The summed E-state index contributed by atoms with van der Waals surface area (Å²) in [6, 6.07) is 6.30. The van der Waals surface area contributed by atoms with Gasteiger partial charge in [-0.15, -0.1) is 0 Å². The van der Waals surface area contributed by atoms with Crippen LogP contribution < -0.4 is 5.32 Å². The number of rotatable bonds is 4. The van der Waals surface area contributed by atoms with Gasteiger partial charge in [0.05, 0.1) is 4.90 Å². The Balaban J connectivity index is 1.58. The molecule has 6 nitrogen and oxygen atoms in total. The fraction of sp³-hybridized carbons (Fsp3) is 0.611. The first-order chi connectivity index (χ1) is 12.1. The molecule has 1 aromatic carbocycles. The molecule has 1 aliphatic heterocycles. The smallest absolute Gasteiger partial charge is 0.411 e. The number of carbonyl (C=O) groups excluding carboxylic acids is 1. The van der Waals surface area contributed by atoms with Crippen LogP contribution in [0.5, 0.6) is 0 Å². The van der Waals surface area contributed by atoms with Crippen molar-refractivity contribution in [3.63, 3.8) is 0 Å². The lowest BCUT2D eigenvalue weighted by atomic mass is 9.98. The third-order valence-electron chi connectivity index (χ3n) is 4.88. The second kappa shape index (κ2) is 8.19. The van der Waals surface area contributed by atoms with E-state index in [-0.39, 0.29) is 11.0 Å². The molecule has 1 N–H and O–H groups in total. The lowest BCUT2D eigenvalue weighted by Gasteiger charge is -2.26. The molecule has 7 heteroatoms. The van der Waals surface area contributed by atoms with E-state index in [0.29, 0.717) is 18.8 Å². The molecule has 0 radical (unpaired) electrons. The summed E-state index contributed by atoms with van der Waals surface area (Å²) in [4.78, 5) is 12.2. The Morgan fingerprint density at radius 2 is 1.56 bits per heavy atom. The lowest BCUT2D eigenvalue weighted by Crippen LogP contribution is -2.35. The summed E-state index contributed by atoms with van der Waals surface area (Å²) in [6.07, 6.45) is 7.65. The minimum atomic E-state index is -3.44. The highest BCUT2D eigenvalue weighted by Gasteiger charge is 2.25. The van der Waals surface area contributed by atoms with Gasteiger partial charge in [-0.25, -0.2) is 13.2 Å². The van der Waals surface area contributed by atoms with Crippen LogP contribution in [-0.4, -0.2) is 38.0 Å². The number of hydrogen-bond donors (Lipinski definition) is 1. The second-order valence-corrected chi connectivity index (χ2v) is 8.72. The van der Waals surface area contributed by atoms with E-state index in [2.05, 4.69) is 5.32 Å². The zero-order valence-electron chi connectivity index (χ0n) is 14.4. The fourth-order valence-electron chi connectivity index (χ4n) is 3.45. The summed E-state index contributed by atoms with van der Waals surface area (Å²) in [5.74, 6) is 0. The van der Waals surface area contributed by atoms with Crippen LogP contribution >= 0.6 is 0 Å². The highest BCUT2D eigenvalue weighted by atomic mass is 32.2. The highest BCUT2D eigenvalue weighted by molar-refractivity contribution is 7.89. The van der Waals surface area contributed by atoms with Crippen molar-refractivity contribution in [2.24, 2.45) is 0 Å². The standard InChI is InChI=1S/C18H26N2O4S/c21-18(24-16-7-3-1-4-8-16)19-15-9-11-17(12-10-15)25(22,23)20-13-5-2-6-14-20/h9-12,16H,1-8,13-14H2,(H,19,21). The van der Waals surface area contributed by atoms with Gasteiger partial charge in [-0.3, -0.25) is 5.32 Å². The molecule has 1 saturated heterocycles. The van der Waals surface area contributed by atoms with Crippen molar-refractivity contribution in [2.75, 3.05) is 18.4 Å². The maximum Gasteiger partial charge on any atom is 0.411 e. The number of hydrogen-bond acceptors (Lipinski definition) is 4. The summed E-state index contributed by atoms with van der Waals surface area (Å²) in [5, 5.41) is 2.68. The number of benzene rings is 1. The molecule has 0 atom stereocenters. The van der Waals surface area contributed by atoms with Crippen molar-refractivity contribution in [1.29, 1.82) is 0 Å². The number of anilines is 1. The largest absolute Gasteiger partial charge is 0.446 e. The normalized spacial score (nSPS) is 20.2. The molecule has 0 bridgehead atoms. The Morgan fingerprint density at radius 1 is 0.960 bits per heavy atom. The van der Waals surface area contributed by atoms with Gasteiger partial charge in [-0.1, -0.05) is 12.8 Å².